The summed E-state index contributed by atoms with van der Waals surface area (Å²) in [6, 6.07) is 17.7. The summed E-state index contributed by atoms with van der Waals surface area (Å²) in [6.45, 7) is 5.99. The molecule has 35 heavy (non-hydrogen) atoms. The van der Waals surface area contributed by atoms with E-state index in [0.29, 0.717) is 13.0 Å². The maximum Gasteiger partial charge on any atom is 0.410 e. The van der Waals surface area contributed by atoms with E-state index in [1.54, 1.807) is 20.8 Å². The third-order valence-corrected chi connectivity index (χ3v) is 5.36. The fourth-order valence-electron chi connectivity index (χ4n) is 3.72. The lowest BCUT2D eigenvalue weighted by Crippen LogP contribution is -2.52. The van der Waals surface area contributed by atoms with Gasteiger partial charge in [0.2, 0.25) is 0 Å². The molecule has 0 bridgehead atoms. The summed E-state index contributed by atoms with van der Waals surface area (Å²) in [5, 5.41) is 5.53. The first-order valence-electron chi connectivity index (χ1n) is 11.6. The predicted molar refractivity (Wildman–Crippen MR) is 130 cm³/mol. The molecule has 1 aliphatic rings. The zero-order valence-electron chi connectivity index (χ0n) is 20.4. The number of likely N-dealkylation sites (tertiary alicyclic amines) is 1. The van der Waals surface area contributed by atoms with Crippen LogP contribution in [0.1, 0.15) is 38.3 Å². The van der Waals surface area contributed by atoms with Crippen molar-refractivity contribution in [3.63, 3.8) is 0 Å². The second-order valence-corrected chi connectivity index (χ2v) is 9.28. The smallest absolute Gasteiger partial charge is 0.410 e. The molecule has 0 saturated carbocycles. The van der Waals surface area contributed by atoms with Gasteiger partial charge in [0.15, 0.2) is 0 Å². The van der Waals surface area contributed by atoms with Crippen LogP contribution in [-0.4, -0.2) is 54.0 Å². The predicted octanol–water partition coefficient (Wildman–Crippen LogP) is 4.22. The quantitative estimate of drug-likeness (QED) is 0.572. The number of amides is 3. The molecule has 2 aromatic carbocycles. The molecule has 9 nitrogen and oxygen atoms in total. The number of benzene rings is 2. The number of ether oxygens (including phenoxy) is 3. The van der Waals surface area contributed by atoms with Gasteiger partial charge in [0.1, 0.15) is 18.8 Å². The molecule has 0 aliphatic carbocycles. The van der Waals surface area contributed by atoms with Crippen molar-refractivity contribution in [1.82, 2.24) is 15.5 Å². The Morgan fingerprint density at radius 3 is 2.03 bits per heavy atom. The highest BCUT2D eigenvalue weighted by Crippen LogP contribution is 2.20. The van der Waals surface area contributed by atoms with Crippen molar-refractivity contribution in [2.75, 3.05) is 13.1 Å². The number of carbonyl (C=O) groups excluding carboxylic acids is 3. The van der Waals surface area contributed by atoms with Crippen LogP contribution in [0.25, 0.3) is 0 Å². The maximum atomic E-state index is 12.9. The normalized spacial score (nSPS) is 17.4. The van der Waals surface area contributed by atoms with Crippen LogP contribution in [0.4, 0.5) is 14.4 Å². The van der Waals surface area contributed by atoms with Crippen molar-refractivity contribution in [1.29, 1.82) is 0 Å². The highest BCUT2D eigenvalue weighted by Gasteiger charge is 2.39. The zero-order valence-corrected chi connectivity index (χ0v) is 20.4. The van der Waals surface area contributed by atoms with Gasteiger partial charge in [-0.1, -0.05) is 60.7 Å². The lowest BCUT2D eigenvalue weighted by molar-refractivity contribution is 0.0498. The number of carbonyl (C=O) groups is 3. The summed E-state index contributed by atoms with van der Waals surface area (Å²) in [7, 11) is 0. The fourth-order valence-corrected chi connectivity index (χ4v) is 3.72. The zero-order chi connectivity index (χ0) is 25.3. The highest BCUT2D eigenvalue weighted by molar-refractivity contribution is 5.71. The molecule has 2 N–H and O–H groups in total. The van der Waals surface area contributed by atoms with Gasteiger partial charge in [0.25, 0.3) is 0 Å². The highest BCUT2D eigenvalue weighted by atomic mass is 16.6. The standard InChI is InChI=1S/C26H33N3O6/c1-26(2,3)35-23(30)27-16-22-21(28-24(31)33-17-19-10-6-4-7-11-19)14-15-29(22)25(32)34-18-20-12-8-5-9-13-20/h4-13,21-22H,14-18H2,1-3H3,(H,27,30)(H,28,31)/t21-,22-/m1/s1. The molecule has 0 unspecified atom stereocenters. The molecule has 1 saturated heterocycles. The van der Waals surface area contributed by atoms with Crippen LogP contribution >= 0.6 is 0 Å². The van der Waals surface area contributed by atoms with Gasteiger partial charge in [-0.3, -0.25) is 0 Å². The first-order chi connectivity index (χ1) is 16.7. The third-order valence-electron chi connectivity index (χ3n) is 5.36. The van der Waals surface area contributed by atoms with Crippen molar-refractivity contribution in [2.45, 2.75) is 58.1 Å². The van der Waals surface area contributed by atoms with E-state index in [-0.39, 0.29) is 19.8 Å². The first kappa shape index (κ1) is 25.9. The Morgan fingerprint density at radius 2 is 1.46 bits per heavy atom. The van der Waals surface area contributed by atoms with E-state index in [4.69, 9.17) is 14.2 Å². The summed E-state index contributed by atoms with van der Waals surface area (Å²) in [5.41, 5.74) is 1.07. The van der Waals surface area contributed by atoms with Gasteiger partial charge in [0, 0.05) is 13.1 Å². The van der Waals surface area contributed by atoms with E-state index >= 15 is 0 Å². The van der Waals surface area contributed by atoms with Crippen LogP contribution in [0.15, 0.2) is 60.7 Å². The summed E-state index contributed by atoms with van der Waals surface area (Å²) < 4.78 is 16.1. The van der Waals surface area contributed by atoms with Crippen molar-refractivity contribution in [2.24, 2.45) is 0 Å². The van der Waals surface area contributed by atoms with E-state index < -0.39 is 36.0 Å². The number of nitrogens with one attached hydrogen (secondary N) is 2. The van der Waals surface area contributed by atoms with E-state index in [2.05, 4.69) is 10.6 Å². The second kappa shape index (κ2) is 12.1. The van der Waals surface area contributed by atoms with E-state index in [1.807, 2.05) is 60.7 Å². The van der Waals surface area contributed by atoms with Gasteiger partial charge in [-0.2, -0.15) is 0 Å². The number of hydrogen-bond donors (Lipinski definition) is 2. The Bertz CT molecular complexity index is 978. The number of rotatable bonds is 7. The summed E-state index contributed by atoms with van der Waals surface area (Å²) in [5.74, 6) is 0. The van der Waals surface area contributed by atoms with Crippen molar-refractivity contribution in [3.05, 3.63) is 71.8 Å². The minimum absolute atomic E-state index is 0.0823. The van der Waals surface area contributed by atoms with Gasteiger partial charge >= 0.3 is 18.3 Å². The Kier molecular flexibility index (Phi) is 8.94. The molecule has 2 atom stereocenters. The van der Waals surface area contributed by atoms with Crippen LogP contribution in [-0.2, 0) is 27.4 Å². The van der Waals surface area contributed by atoms with E-state index in [1.165, 1.54) is 4.90 Å². The first-order valence-corrected chi connectivity index (χ1v) is 11.6. The van der Waals surface area contributed by atoms with Gasteiger partial charge < -0.3 is 29.7 Å². The number of hydrogen-bond acceptors (Lipinski definition) is 6. The van der Waals surface area contributed by atoms with E-state index in [0.717, 1.165) is 11.1 Å². The molecule has 3 amide bonds. The molecular weight excluding hydrogens is 450 g/mol. The Labute approximate surface area is 205 Å². The number of alkyl carbamates (subject to hydrolysis) is 2. The third kappa shape index (κ3) is 8.51. The fraction of sp³-hybridized carbons (Fsp3) is 0.423. The van der Waals surface area contributed by atoms with Crippen LogP contribution in [0.3, 0.4) is 0 Å². The van der Waals surface area contributed by atoms with E-state index in [9.17, 15) is 14.4 Å². The average molecular weight is 484 g/mol. The molecule has 0 aromatic heterocycles. The molecule has 9 heteroatoms. The Hall–Kier alpha value is -3.75. The topological polar surface area (TPSA) is 106 Å². The molecule has 1 fully saturated rings. The van der Waals surface area contributed by atoms with Crippen LogP contribution < -0.4 is 10.6 Å². The van der Waals surface area contributed by atoms with Gasteiger partial charge in [-0.25, -0.2) is 14.4 Å². The largest absolute Gasteiger partial charge is 0.445 e. The molecular formula is C26H33N3O6. The Morgan fingerprint density at radius 1 is 0.886 bits per heavy atom. The summed E-state index contributed by atoms with van der Waals surface area (Å²) >= 11 is 0. The minimum atomic E-state index is -0.660. The van der Waals surface area contributed by atoms with Crippen molar-refractivity contribution >= 4 is 18.3 Å². The maximum absolute atomic E-state index is 12.9. The lowest BCUT2D eigenvalue weighted by Gasteiger charge is -2.28. The summed E-state index contributed by atoms with van der Waals surface area (Å²) in [4.78, 5) is 39.0. The minimum Gasteiger partial charge on any atom is -0.445 e. The molecule has 3 rings (SSSR count). The van der Waals surface area contributed by atoms with Gasteiger partial charge in [-0.05, 0) is 38.3 Å². The second-order valence-electron chi connectivity index (χ2n) is 9.28. The SMILES string of the molecule is CC(C)(C)OC(=O)NC[C@@H]1[C@H](NC(=O)OCc2ccccc2)CCN1C(=O)OCc1ccccc1. The van der Waals surface area contributed by atoms with Crippen LogP contribution in [0, 0.1) is 0 Å². The van der Waals surface area contributed by atoms with Crippen LogP contribution in [0.2, 0.25) is 0 Å². The summed E-state index contributed by atoms with van der Waals surface area (Å²) in [6.07, 6.45) is -1.23. The van der Waals surface area contributed by atoms with Crippen LogP contribution in [0.5, 0.6) is 0 Å². The average Bonchev–Trinajstić information content (AvgIpc) is 3.22. The van der Waals surface area contributed by atoms with Crippen molar-refractivity contribution in [3.8, 4) is 0 Å². The molecule has 0 spiro atoms. The Balaban J connectivity index is 1.60. The van der Waals surface area contributed by atoms with Gasteiger partial charge in [0.05, 0.1) is 12.1 Å². The lowest BCUT2D eigenvalue weighted by atomic mass is 10.1. The molecule has 0 radical (unpaired) electrons. The number of nitrogens with zero attached hydrogens (tertiary/aromatic N) is 1. The monoisotopic (exact) mass is 483 g/mol. The molecule has 188 valence electrons. The molecule has 1 heterocycles. The molecule has 2 aromatic rings. The van der Waals surface area contributed by atoms with Gasteiger partial charge in [-0.15, -0.1) is 0 Å². The van der Waals surface area contributed by atoms with Crippen molar-refractivity contribution < 1.29 is 28.6 Å². The molecule has 1 aliphatic heterocycles.